The van der Waals surface area contributed by atoms with E-state index in [2.05, 4.69) is 4.98 Å². The lowest BCUT2D eigenvalue weighted by Crippen LogP contribution is -1.96. The van der Waals surface area contributed by atoms with E-state index >= 15 is 0 Å². The summed E-state index contributed by atoms with van der Waals surface area (Å²) in [7, 11) is 6.98. The minimum absolute atomic E-state index is 0.767. The normalized spacial score (nSPS) is 10.7. The zero-order valence-corrected chi connectivity index (χ0v) is 16.4. The van der Waals surface area contributed by atoms with Gasteiger partial charge in [-0.05, 0) is 30.5 Å². The standard InChI is InChI=1S/C20H22N2O3S/c1-22-12-21-18(19(22)14-8-6-7-9-15(14)23-2)13-10-16(24-3)20(26-5)17(11-13)25-4/h6-12H,1-5H3. The van der Waals surface area contributed by atoms with Crippen molar-refractivity contribution in [2.45, 2.75) is 4.90 Å². The molecule has 136 valence electrons. The minimum atomic E-state index is 0.767. The molecule has 0 aliphatic heterocycles. The van der Waals surface area contributed by atoms with Crippen molar-refractivity contribution in [2.24, 2.45) is 7.05 Å². The summed E-state index contributed by atoms with van der Waals surface area (Å²) < 4.78 is 18.7. The molecule has 1 aromatic heterocycles. The lowest BCUT2D eigenvalue weighted by atomic mass is 10.0. The number of benzene rings is 2. The van der Waals surface area contributed by atoms with E-state index in [-0.39, 0.29) is 0 Å². The van der Waals surface area contributed by atoms with Crippen LogP contribution in [0.5, 0.6) is 17.2 Å². The summed E-state index contributed by atoms with van der Waals surface area (Å²) in [6, 6.07) is 11.9. The Labute approximate surface area is 157 Å². The van der Waals surface area contributed by atoms with Crippen molar-refractivity contribution in [1.29, 1.82) is 0 Å². The van der Waals surface area contributed by atoms with Crippen LogP contribution in [0.1, 0.15) is 0 Å². The first-order valence-electron chi connectivity index (χ1n) is 8.09. The molecule has 0 radical (unpaired) electrons. The van der Waals surface area contributed by atoms with Crippen molar-refractivity contribution in [3.05, 3.63) is 42.7 Å². The smallest absolute Gasteiger partial charge is 0.136 e. The molecule has 5 nitrogen and oxygen atoms in total. The van der Waals surface area contributed by atoms with E-state index in [9.17, 15) is 0 Å². The fourth-order valence-electron chi connectivity index (χ4n) is 3.02. The maximum atomic E-state index is 5.58. The predicted molar refractivity (Wildman–Crippen MR) is 106 cm³/mol. The van der Waals surface area contributed by atoms with Crippen molar-refractivity contribution in [1.82, 2.24) is 9.55 Å². The monoisotopic (exact) mass is 370 g/mol. The van der Waals surface area contributed by atoms with Crippen LogP contribution in [0.3, 0.4) is 0 Å². The van der Waals surface area contributed by atoms with E-state index in [1.807, 2.05) is 54.3 Å². The number of nitrogens with zero attached hydrogens (tertiary/aromatic N) is 2. The third-order valence-electron chi connectivity index (χ3n) is 4.24. The Morgan fingerprint density at radius 2 is 1.54 bits per heavy atom. The third-order valence-corrected chi connectivity index (χ3v) is 5.05. The first-order valence-corrected chi connectivity index (χ1v) is 9.32. The Morgan fingerprint density at radius 3 is 2.12 bits per heavy atom. The molecule has 0 spiro atoms. The van der Waals surface area contributed by atoms with Gasteiger partial charge in [0.2, 0.25) is 0 Å². The lowest BCUT2D eigenvalue weighted by Gasteiger charge is -2.15. The number of para-hydroxylation sites is 1. The number of rotatable bonds is 6. The first kappa shape index (κ1) is 18.2. The highest BCUT2D eigenvalue weighted by molar-refractivity contribution is 7.98. The molecule has 2 aromatic carbocycles. The fraction of sp³-hybridized carbons (Fsp3) is 0.250. The van der Waals surface area contributed by atoms with Gasteiger partial charge in [0.25, 0.3) is 0 Å². The van der Waals surface area contributed by atoms with Gasteiger partial charge in [0.1, 0.15) is 17.2 Å². The molecule has 0 aliphatic carbocycles. The number of hydrogen-bond acceptors (Lipinski definition) is 5. The molecule has 1 heterocycles. The number of thioether (sulfide) groups is 1. The maximum absolute atomic E-state index is 5.58. The molecule has 0 fully saturated rings. The summed E-state index contributed by atoms with van der Waals surface area (Å²) in [5.74, 6) is 2.34. The predicted octanol–water partition coefficient (Wildman–Crippen LogP) is 4.50. The van der Waals surface area contributed by atoms with Gasteiger partial charge in [0.15, 0.2) is 0 Å². The first-order chi connectivity index (χ1) is 12.6. The van der Waals surface area contributed by atoms with E-state index in [0.717, 1.165) is 44.7 Å². The van der Waals surface area contributed by atoms with Crippen LogP contribution in [0.4, 0.5) is 0 Å². The van der Waals surface area contributed by atoms with Crippen LogP contribution in [-0.4, -0.2) is 37.1 Å². The molecular formula is C20H22N2O3S. The second-order valence-corrected chi connectivity index (χ2v) is 6.48. The molecule has 0 aliphatic rings. The molecule has 3 rings (SSSR count). The molecule has 3 aromatic rings. The van der Waals surface area contributed by atoms with Gasteiger partial charge in [-0.1, -0.05) is 12.1 Å². The van der Waals surface area contributed by atoms with E-state index in [1.165, 1.54) is 0 Å². The minimum Gasteiger partial charge on any atom is -0.496 e. The summed E-state index contributed by atoms with van der Waals surface area (Å²) in [6.07, 6.45) is 3.81. The maximum Gasteiger partial charge on any atom is 0.136 e. The van der Waals surface area contributed by atoms with Gasteiger partial charge in [-0.2, -0.15) is 0 Å². The number of aryl methyl sites for hydroxylation is 1. The number of methoxy groups -OCH3 is 3. The van der Waals surface area contributed by atoms with E-state index < -0.39 is 0 Å². The largest absolute Gasteiger partial charge is 0.496 e. The van der Waals surface area contributed by atoms with Crippen LogP contribution in [0.15, 0.2) is 47.6 Å². The molecular weight excluding hydrogens is 348 g/mol. The van der Waals surface area contributed by atoms with Gasteiger partial charge < -0.3 is 18.8 Å². The van der Waals surface area contributed by atoms with E-state index in [4.69, 9.17) is 14.2 Å². The van der Waals surface area contributed by atoms with Crippen LogP contribution >= 0.6 is 11.8 Å². The van der Waals surface area contributed by atoms with Crippen molar-refractivity contribution in [3.8, 4) is 39.8 Å². The quantitative estimate of drug-likeness (QED) is 0.598. The Morgan fingerprint density at radius 1 is 0.923 bits per heavy atom. The van der Waals surface area contributed by atoms with E-state index in [1.54, 1.807) is 39.4 Å². The number of hydrogen-bond donors (Lipinski definition) is 0. The van der Waals surface area contributed by atoms with Gasteiger partial charge in [-0.25, -0.2) is 4.98 Å². The molecule has 26 heavy (non-hydrogen) atoms. The molecule has 0 atom stereocenters. The van der Waals surface area contributed by atoms with E-state index in [0.29, 0.717) is 0 Å². The summed E-state index contributed by atoms with van der Waals surface area (Å²) in [4.78, 5) is 5.60. The van der Waals surface area contributed by atoms with Crippen LogP contribution in [0.25, 0.3) is 22.5 Å². The average molecular weight is 370 g/mol. The van der Waals surface area contributed by atoms with Crippen molar-refractivity contribution < 1.29 is 14.2 Å². The van der Waals surface area contributed by atoms with Gasteiger partial charge in [0.05, 0.1) is 43.9 Å². The third kappa shape index (κ3) is 3.12. The fourth-order valence-corrected chi connectivity index (χ4v) is 3.70. The highest BCUT2D eigenvalue weighted by Crippen LogP contribution is 2.43. The summed E-state index contributed by atoms with van der Waals surface area (Å²) >= 11 is 1.59. The van der Waals surface area contributed by atoms with Crippen molar-refractivity contribution in [3.63, 3.8) is 0 Å². The Bertz CT molecular complexity index is 896. The second kappa shape index (κ2) is 7.74. The van der Waals surface area contributed by atoms with Gasteiger partial charge in [-0.3, -0.25) is 0 Å². The second-order valence-electron chi connectivity index (χ2n) is 5.67. The Kier molecular flexibility index (Phi) is 5.42. The average Bonchev–Trinajstić information content (AvgIpc) is 3.07. The molecule has 0 saturated heterocycles. The molecule has 0 bridgehead atoms. The molecule has 0 saturated carbocycles. The topological polar surface area (TPSA) is 45.5 Å². The SMILES string of the molecule is COc1ccccc1-c1c(-c2cc(OC)c(SC)c(OC)c2)ncn1C. The lowest BCUT2D eigenvalue weighted by molar-refractivity contribution is 0.377. The Balaban J connectivity index is 2.24. The van der Waals surface area contributed by atoms with Gasteiger partial charge in [0, 0.05) is 18.2 Å². The molecule has 0 amide bonds. The Hall–Kier alpha value is -2.60. The zero-order chi connectivity index (χ0) is 18.7. The van der Waals surface area contributed by atoms with Crippen molar-refractivity contribution >= 4 is 11.8 Å². The van der Waals surface area contributed by atoms with Gasteiger partial charge in [-0.15, -0.1) is 11.8 Å². The number of imidazole rings is 1. The summed E-state index contributed by atoms with van der Waals surface area (Å²) in [5, 5.41) is 0. The van der Waals surface area contributed by atoms with Crippen molar-refractivity contribution in [2.75, 3.05) is 27.6 Å². The van der Waals surface area contributed by atoms with Crippen LogP contribution < -0.4 is 14.2 Å². The summed E-state index contributed by atoms with van der Waals surface area (Å²) in [6.45, 7) is 0. The van der Waals surface area contributed by atoms with Crippen LogP contribution in [0.2, 0.25) is 0 Å². The highest BCUT2D eigenvalue weighted by atomic mass is 32.2. The molecule has 0 unspecified atom stereocenters. The number of ether oxygens (including phenoxy) is 3. The van der Waals surface area contributed by atoms with Crippen LogP contribution in [-0.2, 0) is 7.05 Å². The van der Waals surface area contributed by atoms with Crippen LogP contribution in [0, 0.1) is 0 Å². The summed E-state index contributed by atoms with van der Waals surface area (Å²) in [5.41, 5.74) is 3.74. The zero-order valence-electron chi connectivity index (χ0n) is 15.6. The molecule has 6 heteroatoms. The number of aromatic nitrogens is 2. The highest BCUT2D eigenvalue weighted by Gasteiger charge is 2.20. The molecule has 0 N–H and O–H groups in total. The van der Waals surface area contributed by atoms with Gasteiger partial charge >= 0.3 is 0 Å².